The molecule has 15 nitrogen and oxygen atoms in total. The molecule has 3 heterocycles. The van der Waals surface area contributed by atoms with Crippen LogP contribution in [0.2, 0.25) is 0 Å². The predicted molar refractivity (Wildman–Crippen MR) is 219 cm³/mol. The summed E-state index contributed by atoms with van der Waals surface area (Å²) in [5.74, 6) is -0.821. The topological polar surface area (TPSA) is 202 Å². The van der Waals surface area contributed by atoms with Crippen LogP contribution in [0.3, 0.4) is 0 Å². The van der Waals surface area contributed by atoms with Crippen molar-refractivity contribution in [1.82, 2.24) is 25.2 Å². The molecule has 7 rings (SSSR count). The summed E-state index contributed by atoms with van der Waals surface area (Å²) in [6.45, 7) is 3.92. The predicted octanol–water partition coefficient (Wildman–Crippen LogP) is 4.12. The summed E-state index contributed by atoms with van der Waals surface area (Å²) >= 11 is 0. The molecule has 1 saturated carbocycles. The second-order valence-corrected chi connectivity index (χ2v) is 17.9. The van der Waals surface area contributed by atoms with Gasteiger partial charge in [0.2, 0.25) is 21.8 Å². The maximum absolute atomic E-state index is 14.3. The number of aromatic amines is 1. The number of amides is 4. The average Bonchev–Trinajstić information content (AvgIpc) is 3.95. The van der Waals surface area contributed by atoms with Gasteiger partial charge in [0, 0.05) is 42.6 Å². The number of pyridine rings is 1. The highest BCUT2D eigenvalue weighted by Crippen LogP contribution is 2.28. The number of aromatic nitrogens is 1. The van der Waals surface area contributed by atoms with E-state index in [4.69, 9.17) is 14.2 Å². The SMILES string of the molecule is COc1ccc2c(=O)cc(-c3cccc(CC(C)(C)OC(=O)N[C@H]4Cc5cccc(c5)OCCC[C@H](C(=O)NS(=O)(=O)C5CC5)NC(=O)[C@@H]5CCCN5C4=O)c3)[nH]c2c1. The Hall–Kier alpha value is -5.90. The van der Waals surface area contributed by atoms with E-state index in [1.54, 1.807) is 63.4 Å². The van der Waals surface area contributed by atoms with E-state index in [0.29, 0.717) is 72.2 Å². The smallest absolute Gasteiger partial charge is 0.408 e. The summed E-state index contributed by atoms with van der Waals surface area (Å²) in [6.07, 6.45) is 1.71. The highest BCUT2D eigenvalue weighted by Gasteiger charge is 2.41. The number of carbonyl (C=O) groups is 4. The third-order valence-corrected chi connectivity index (χ3v) is 12.6. The van der Waals surface area contributed by atoms with E-state index in [1.807, 2.05) is 30.3 Å². The zero-order valence-electron chi connectivity index (χ0n) is 33.2. The molecule has 3 aliphatic rings. The van der Waals surface area contributed by atoms with Gasteiger partial charge in [-0.3, -0.25) is 23.9 Å². The molecule has 0 spiro atoms. The molecule has 1 saturated heterocycles. The van der Waals surface area contributed by atoms with Gasteiger partial charge >= 0.3 is 6.09 Å². The molecule has 3 atom stereocenters. The first-order chi connectivity index (χ1) is 28.2. The van der Waals surface area contributed by atoms with Gasteiger partial charge in [-0.25, -0.2) is 13.2 Å². The monoisotopic (exact) mass is 827 g/mol. The van der Waals surface area contributed by atoms with Gasteiger partial charge in [0.25, 0.3) is 5.91 Å². The van der Waals surface area contributed by atoms with Crippen LogP contribution in [0.25, 0.3) is 22.2 Å². The van der Waals surface area contributed by atoms with Crippen molar-refractivity contribution in [1.29, 1.82) is 0 Å². The Morgan fingerprint density at radius 2 is 1.75 bits per heavy atom. The fourth-order valence-electron chi connectivity index (χ4n) is 7.70. The Bertz CT molecular complexity index is 2430. The molecular formula is C43H49N5O10S. The first kappa shape index (κ1) is 41.3. The van der Waals surface area contributed by atoms with Crippen LogP contribution in [0.5, 0.6) is 11.5 Å². The van der Waals surface area contributed by atoms with Crippen molar-refractivity contribution in [2.75, 3.05) is 20.3 Å². The number of nitrogens with zero attached hydrogens (tertiary/aromatic N) is 1. The quantitative estimate of drug-likeness (QED) is 0.190. The van der Waals surface area contributed by atoms with E-state index in [-0.39, 0.29) is 31.4 Å². The minimum Gasteiger partial charge on any atom is -0.497 e. The number of fused-ring (bicyclic) bond motifs is 4. The summed E-state index contributed by atoms with van der Waals surface area (Å²) in [5.41, 5.74) is 2.34. The number of H-pyrrole nitrogens is 1. The molecule has 312 valence electrons. The van der Waals surface area contributed by atoms with Crippen molar-refractivity contribution in [2.24, 2.45) is 0 Å². The number of alkyl carbamates (subject to hydrolysis) is 1. The molecule has 4 aromatic rings. The lowest BCUT2D eigenvalue weighted by Crippen LogP contribution is -2.57. The lowest BCUT2D eigenvalue weighted by Gasteiger charge is -2.31. The number of hydrogen-bond donors (Lipinski definition) is 4. The number of carbonyl (C=O) groups excluding carboxylic acids is 4. The summed E-state index contributed by atoms with van der Waals surface area (Å²) in [4.78, 5) is 72.7. The largest absolute Gasteiger partial charge is 0.497 e. The van der Waals surface area contributed by atoms with E-state index in [1.165, 1.54) is 4.90 Å². The van der Waals surface area contributed by atoms with Gasteiger partial charge in [-0.15, -0.1) is 0 Å². The summed E-state index contributed by atoms with van der Waals surface area (Å²) in [6, 6.07) is 18.1. The van der Waals surface area contributed by atoms with Crippen LogP contribution >= 0.6 is 0 Å². The molecule has 2 bridgehead atoms. The molecule has 4 amide bonds. The molecule has 59 heavy (non-hydrogen) atoms. The molecule has 1 aliphatic carbocycles. The summed E-state index contributed by atoms with van der Waals surface area (Å²) < 4.78 is 44.6. The van der Waals surface area contributed by atoms with Crippen LogP contribution in [0.4, 0.5) is 4.79 Å². The number of rotatable bonds is 9. The van der Waals surface area contributed by atoms with Gasteiger partial charge in [0.1, 0.15) is 35.2 Å². The second kappa shape index (κ2) is 17.1. The highest BCUT2D eigenvalue weighted by molar-refractivity contribution is 7.90. The van der Waals surface area contributed by atoms with Gasteiger partial charge in [-0.2, -0.15) is 0 Å². The van der Waals surface area contributed by atoms with E-state index in [0.717, 1.165) is 11.1 Å². The fourth-order valence-corrected chi connectivity index (χ4v) is 9.05. The highest BCUT2D eigenvalue weighted by atomic mass is 32.2. The van der Waals surface area contributed by atoms with Crippen LogP contribution in [-0.2, 0) is 42.0 Å². The minimum absolute atomic E-state index is 0.0678. The van der Waals surface area contributed by atoms with Crippen molar-refractivity contribution in [3.8, 4) is 22.8 Å². The van der Waals surface area contributed by atoms with Crippen molar-refractivity contribution in [3.63, 3.8) is 0 Å². The number of sulfonamides is 1. The Kier molecular flexibility index (Phi) is 12.0. The average molecular weight is 828 g/mol. The zero-order chi connectivity index (χ0) is 41.9. The maximum Gasteiger partial charge on any atom is 0.408 e. The van der Waals surface area contributed by atoms with Crippen molar-refractivity contribution < 1.29 is 41.8 Å². The first-order valence-corrected chi connectivity index (χ1v) is 21.4. The van der Waals surface area contributed by atoms with Gasteiger partial charge in [-0.1, -0.05) is 30.3 Å². The molecule has 16 heteroatoms. The number of ether oxygens (including phenoxy) is 3. The number of hydrogen-bond acceptors (Lipinski definition) is 10. The third-order valence-electron chi connectivity index (χ3n) is 10.8. The minimum atomic E-state index is -3.87. The van der Waals surface area contributed by atoms with Gasteiger partial charge in [0.05, 0.1) is 24.5 Å². The molecule has 4 N–H and O–H groups in total. The lowest BCUT2D eigenvalue weighted by atomic mass is 9.96. The lowest BCUT2D eigenvalue weighted by molar-refractivity contribution is -0.140. The van der Waals surface area contributed by atoms with Crippen LogP contribution in [0.15, 0.2) is 77.6 Å². The second-order valence-electron chi connectivity index (χ2n) is 16.0. The van der Waals surface area contributed by atoms with E-state index in [2.05, 4.69) is 20.3 Å². The maximum atomic E-state index is 14.3. The summed E-state index contributed by atoms with van der Waals surface area (Å²) in [7, 11) is -2.31. The third kappa shape index (κ3) is 10.0. The van der Waals surface area contributed by atoms with Crippen LogP contribution < -0.4 is 30.3 Å². The van der Waals surface area contributed by atoms with Crippen molar-refractivity contribution in [2.45, 2.75) is 94.2 Å². The molecule has 2 fully saturated rings. The van der Waals surface area contributed by atoms with E-state index < -0.39 is 62.8 Å². The number of methoxy groups -OCH3 is 1. The van der Waals surface area contributed by atoms with Gasteiger partial charge < -0.3 is 34.7 Å². The van der Waals surface area contributed by atoms with Crippen LogP contribution in [-0.4, -0.2) is 91.4 Å². The van der Waals surface area contributed by atoms with Crippen LogP contribution in [0, 0.1) is 0 Å². The standard InChI is InChI=1S/C43H49N5O10S/c1-43(2,25-27-9-4-10-28(20-27)34-24-38(49)32-17-14-29(56-3)23-35(32)44-34)58-42(53)46-36-22-26-8-5-11-30(21-26)57-19-7-12-33(39(50)47-59(54,55)31-15-16-31)45-40(51)37-13-6-18-48(37)41(36)52/h4-5,8-11,14,17,20-21,23-24,31,33,36-37H,6-7,12-13,15-16,18-19,22,25H2,1-3H3,(H,44,49)(H,45,51)(H,46,53)(H,47,50)/t33-,36+,37+/m1/s1. The number of nitrogens with one attached hydrogen (secondary N) is 4. The molecule has 0 unspecified atom stereocenters. The Labute approximate surface area is 342 Å². The number of benzene rings is 3. The van der Waals surface area contributed by atoms with E-state index in [9.17, 15) is 32.4 Å². The first-order valence-electron chi connectivity index (χ1n) is 19.9. The molecule has 3 aromatic carbocycles. The Morgan fingerprint density at radius 3 is 2.53 bits per heavy atom. The van der Waals surface area contributed by atoms with Gasteiger partial charge in [-0.05, 0) is 99.4 Å². The molecule has 2 aliphatic heterocycles. The molecular weight excluding hydrogens is 779 g/mol. The van der Waals surface area contributed by atoms with E-state index >= 15 is 0 Å². The zero-order valence-corrected chi connectivity index (χ0v) is 34.1. The Balaban J connectivity index is 1.07. The van der Waals surface area contributed by atoms with Crippen molar-refractivity contribution in [3.05, 3.63) is 94.1 Å². The fraction of sp³-hybridized carbons (Fsp3) is 0.419. The van der Waals surface area contributed by atoms with Crippen molar-refractivity contribution >= 4 is 44.7 Å². The normalized spacial score (nSPS) is 20.3. The molecule has 0 radical (unpaired) electrons. The van der Waals surface area contributed by atoms with Crippen LogP contribution in [0.1, 0.15) is 63.5 Å². The summed E-state index contributed by atoms with van der Waals surface area (Å²) in [5, 5.41) is 5.39. The van der Waals surface area contributed by atoms with Gasteiger partial charge in [0.15, 0.2) is 5.43 Å². The Morgan fingerprint density at radius 1 is 0.949 bits per heavy atom. The molecule has 1 aromatic heterocycles.